The Labute approximate surface area is 145 Å². The molecule has 1 atom stereocenters. The fourth-order valence-electron chi connectivity index (χ4n) is 2.38. The molecule has 1 N–H and O–H groups in total. The molecule has 0 saturated heterocycles. The molecule has 1 rings (SSSR count). The normalized spacial score (nSPS) is 12.4. The van der Waals surface area contributed by atoms with Gasteiger partial charge in [0.05, 0.1) is 7.11 Å². The van der Waals surface area contributed by atoms with E-state index in [9.17, 15) is 9.59 Å². The average molecular weight is 334 g/mol. The van der Waals surface area contributed by atoms with Crippen molar-refractivity contribution in [3.63, 3.8) is 0 Å². The van der Waals surface area contributed by atoms with Gasteiger partial charge in [0.25, 0.3) is 0 Å². The molecule has 1 aromatic rings. The summed E-state index contributed by atoms with van der Waals surface area (Å²) in [5, 5.41) is 2.95. The molecule has 24 heavy (non-hydrogen) atoms. The molecule has 0 radical (unpaired) electrons. The molecule has 1 aromatic carbocycles. The van der Waals surface area contributed by atoms with Crippen LogP contribution in [0.5, 0.6) is 5.75 Å². The number of ether oxygens (including phenoxy) is 1. The van der Waals surface area contributed by atoms with Gasteiger partial charge in [0, 0.05) is 18.5 Å². The number of amides is 2. The summed E-state index contributed by atoms with van der Waals surface area (Å²) in [6.07, 6.45) is 1.18. The third-order valence-electron chi connectivity index (χ3n) is 3.62. The quantitative estimate of drug-likeness (QED) is 0.833. The Kier molecular flexibility index (Phi) is 7.26. The number of nitrogens with zero attached hydrogens (tertiary/aromatic N) is 1. The van der Waals surface area contributed by atoms with Gasteiger partial charge in [-0.1, -0.05) is 19.1 Å². The van der Waals surface area contributed by atoms with Gasteiger partial charge in [-0.3, -0.25) is 9.59 Å². The highest BCUT2D eigenvalue weighted by Gasteiger charge is 2.27. The first-order valence-electron chi connectivity index (χ1n) is 8.42. The van der Waals surface area contributed by atoms with Crippen molar-refractivity contribution in [1.29, 1.82) is 0 Å². The molecule has 5 nitrogen and oxygen atoms in total. The molecule has 0 aliphatic carbocycles. The molecule has 5 heteroatoms. The van der Waals surface area contributed by atoms with Crippen molar-refractivity contribution in [3.8, 4) is 5.75 Å². The van der Waals surface area contributed by atoms with Crippen LogP contribution >= 0.6 is 0 Å². The van der Waals surface area contributed by atoms with E-state index in [1.54, 1.807) is 18.9 Å². The fraction of sp³-hybridized carbons (Fsp3) is 0.579. The summed E-state index contributed by atoms with van der Waals surface area (Å²) in [5.74, 6) is 0.578. The SMILES string of the molecule is CCCC(=O)N(Cc1cccc(OC)c1)C(C)C(=O)NC(C)(C)C. The van der Waals surface area contributed by atoms with Crippen molar-refractivity contribution in [2.75, 3.05) is 7.11 Å². The predicted octanol–water partition coefficient (Wildman–Crippen LogP) is 3.13. The molecular weight excluding hydrogens is 304 g/mol. The number of methoxy groups -OCH3 is 1. The second-order valence-corrected chi connectivity index (χ2v) is 7.04. The molecule has 2 amide bonds. The zero-order valence-electron chi connectivity index (χ0n) is 15.7. The predicted molar refractivity (Wildman–Crippen MR) is 95.8 cm³/mol. The van der Waals surface area contributed by atoms with Crippen LogP contribution < -0.4 is 10.1 Å². The minimum Gasteiger partial charge on any atom is -0.497 e. The highest BCUT2D eigenvalue weighted by atomic mass is 16.5. The zero-order valence-corrected chi connectivity index (χ0v) is 15.7. The van der Waals surface area contributed by atoms with E-state index in [2.05, 4.69) is 5.32 Å². The first-order valence-corrected chi connectivity index (χ1v) is 8.42. The summed E-state index contributed by atoms with van der Waals surface area (Å²) in [6.45, 7) is 9.90. The highest BCUT2D eigenvalue weighted by Crippen LogP contribution is 2.17. The van der Waals surface area contributed by atoms with Gasteiger partial charge in [-0.2, -0.15) is 0 Å². The van der Waals surface area contributed by atoms with E-state index in [-0.39, 0.29) is 17.4 Å². The van der Waals surface area contributed by atoms with E-state index >= 15 is 0 Å². The Bertz CT molecular complexity index is 564. The van der Waals surface area contributed by atoms with Gasteiger partial charge in [0.2, 0.25) is 11.8 Å². The molecule has 0 aliphatic heterocycles. The number of benzene rings is 1. The van der Waals surface area contributed by atoms with E-state index < -0.39 is 6.04 Å². The molecule has 0 fully saturated rings. The summed E-state index contributed by atoms with van der Waals surface area (Å²) in [4.78, 5) is 26.7. The Morgan fingerprint density at radius 1 is 1.29 bits per heavy atom. The number of rotatable bonds is 7. The molecule has 0 saturated carbocycles. The van der Waals surface area contributed by atoms with Gasteiger partial charge in [-0.15, -0.1) is 0 Å². The molecule has 134 valence electrons. The third-order valence-corrected chi connectivity index (χ3v) is 3.62. The number of carbonyl (C=O) groups is 2. The van der Waals surface area contributed by atoms with Gasteiger partial charge in [-0.25, -0.2) is 0 Å². The van der Waals surface area contributed by atoms with Crippen LogP contribution in [0.4, 0.5) is 0 Å². The van der Waals surface area contributed by atoms with Crippen molar-refractivity contribution in [3.05, 3.63) is 29.8 Å². The van der Waals surface area contributed by atoms with E-state index in [4.69, 9.17) is 4.74 Å². The maximum absolute atomic E-state index is 12.5. The number of hydrogen-bond donors (Lipinski definition) is 1. The Morgan fingerprint density at radius 2 is 1.96 bits per heavy atom. The van der Waals surface area contributed by atoms with Gasteiger partial charge in [-0.05, 0) is 51.8 Å². The summed E-state index contributed by atoms with van der Waals surface area (Å²) in [7, 11) is 1.61. The topological polar surface area (TPSA) is 58.6 Å². The van der Waals surface area contributed by atoms with E-state index in [1.807, 2.05) is 52.0 Å². The summed E-state index contributed by atoms with van der Waals surface area (Å²) >= 11 is 0. The number of hydrogen-bond acceptors (Lipinski definition) is 3. The minimum atomic E-state index is -0.533. The van der Waals surface area contributed by atoms with Gasteiger partial charge < -0.3 is 15.0 Å². The van der Waals surface area contributed by atoms with Crippen LogP contribution in [0.2, 0.25) is 0 Å². The van der Waals surface area contributed by atoms with Crippen LogP contribution in [-0.4, -0.2) is 35.4 Å². The van der Waals surface area contributed by atoms with Crippen molar-refractivity contribution >= 4 is 11.8 Å². The maximum atomic E-state index is 12.5. The smallest absolute Gasteiger partial charge is 0.242 e. The van der Waals surface area contributed by atoms with E-state index in [1.165, 1.54) is 0 Å². The first kappa shape index (κ1) is 20.0. The summed E-state index contributed by atoms with van der Waals surface area (Å²) in [6, 6.07) is 7.03. The van der Waals surface area contributed by atoms with Crippen molar-refractivity contribution in [1.82, 2.24) is 10.2 Å². The van der Waals surface area contributed by atoms with E-state index in [0.29, 0.717) is 13.0 Å². The Morgan fingerprint density at radius 3 is 2.50 bits per heavy atom. The molecule has 1 unspecified atom stereocenters. The molecule has 0 bridgehead atoms. The van der Waals surface area contributed by atoms with Gasteiger partial charge in [0.15, 0.2) is 0 Å². The van der Waals surface area contributed by atoms with Gasteiger partial charge >= 0.3 is 0 Å². The van der Waals surface area contributed by atoms with Crippen molar-refractivity contribution in [2.45, 2.75) is 65.6 Å². The Balaban J connectivity index is 2.98. The monoisotopic (exact) mass is 334 g/mol. The molecule has 0 heterocycles. The first-order chi connectivity index (χ1) is 11.2. The highest BCUT2D eigenvalue weighted by molar-refractivity contribution is 5.87. The largest absolute Gasteiger partial charge is 0.497 e. The van der Waals surface area contributed by atoms with Crippen LogP contribution in [0.15, 0.2) is 24.3 Å². The van der Waals surface area contributed by atoms with Crippen LogP contribution in [0.25, 0.3) is 0 Å². The van der Waals surface area contributed by atoms with E-state index in [0.717, 1.165) is 17.7 Å². The molecule has 0 aliphatic rings. The molecular formula is C19H30N2O3. The summed E-state index contributed by atoms with van der Waals surface area (Å²) < 4.78 is 5.24. The maximum Gasteiger partial charge on any atom is 0.242 e. The molecule has 0 aromatic heterocycles. The summed E-state index contributed by atoms with van der Waals surface area (Å²) in [5.41, 5.74) is 0.607. The van der Waals surface area contributed by atoms with Crippen LogP contribution in [0.1, 0.15) is 53.0 Å². The lowest BCUT2D eigenvalue weighted by molar-refractivity contribution is -0.141. The Hall–Kier alpha value is -2.04. The average Bonchev–Trinajstić information content (AvgIpc) is 2.50. The van der Waals surface area contributed by atoms with Crippen molar-refractivity contribution < 1.29 is 14.3 Å². The van der Waals surface area contributed by atoms with Gasteiger partial charge in [0.1, 0.15) is 11.8 Å². The second kappa shape index (κ2) is 8.71. The fourth-order valence-corrected chi connectivity index (χ4v) is 2.38. The zero-order chi connectivity index (χ0) is 18.3. The number of nitrogens with one attached hydrogen (secondary N) is 1. The lowest BCUT2D eigenvalue weighted by Crippen LogP contribution is -2.52. The number of carbonyl (C=O) groups excluding carboxylic acids is 2. The molecule has 0 spiro atoms. The van der Waals surface area contributed by atoms with Crippen LogP contribution in [0, 0.1) is 0 Å². The van der Waals surface area contributed by atoms with Crippen molar-refractivity contribution in [2.24, 2.45) is 0 Å². The standard InChI is InChI=1S/C19H30N2O3/c1-7-9-17(22)21(14(2)18(23)20-19(3,4)5)13-15-10-8-11-16(12-15)24-6/h8,10-12,14H,7,9,13H2,1-6H3,(H,20,23). The lowest BCUT2D eigenvalue weighted by atomic mass is 10.1. The minimum absolute atomic E-state index is 0.0168. The van der Waals surface area contributed by atoms with Crippen LogP contribution in [0.3, 0.4) is 0 Å². The second-order valence-electron chi connectivity index (χ2n) is 7.04. The van der Waals surface area contributed by atoms with Crippen LogP contribution in [-0.2, 0) is 16.1 Å². The third kappa shape index (κ3) is 6.22. The lowest BCUT2D eigenvalue weighted by Gasteiger charge is -2.31.